The molecular weight excluding hydrogens is 194 g/mol. The van der Waals surface area contributed by atoms with E-state index >= 15 is 0 Å². The summed E-state index contributed by atoms with van der Waals surface area (Å²) in [6, 6.07) is 1.82. The summed E-state index contributed by atoms with van der Waals surface area (Å²) in [5.74, 6) is 1.19. The molecule has 80 valence electrons. The molecule has 0 saturated carbocycles. The molecule has 4 heteroatoms. The summed E-state index contributed by atoms with van der Waals surface area (Å²) >= 11 is 0. The number of hydrogen-bond donors (Lipinski definition) is 1. The molecule has 1 N–H and O–H groups in total. The number of aryl methyl sites for hydroxylation is 2. The van der Waals surface area contributed by atoms with Crippen LogP contribution in [0.5, 0.6) is 0 Å². The first-order chi connectivity index (χ1) is 7.22. The molecule has 0 spiro atoms. The molecule has 2 rings (SSSR count). The third-order valence-corrected chi connectivity index (χ3v) is 2.40. The smallest absolute Gasteiger partial charge is 0.191 e. The normalized spacial score (nSPS) is 13.0. The van der Waals surface area contributed by atoms with E-state index in [1.807, 2.05) is 13.0 Å². The number of aliphatic hydroxyl groups excluding tert-OH is 1. The maximum Gasteiger partial charge on any atom is 0.191 e. The van der Waals surface area contributed by atoms with E-state index in [9.17, 15) is 5.11 Å². The first kappa shape index (κ1) is 9.98. The Morgan fingerprint density at radius 3 is 2.73 bits per heavy atom. The fourth-order valence-corrected chi connectivity index (χ4v) is 1.69. The van der Waals surface area contributed by atoms with Gasteiger partial charge in [0.15, 0.2) is 5.89 Å². The molecule has 0 bridgehead atoms. The molecule has 0 amide bonds. The van der Waals surface area contributed by atoms with Crippen molar-refractivity contribution in [3.8, 4) is 0 Å². The predicted octanol–water partition coefficient (Wildman–Crippen LogP) is 2.01. The van der Waals surface area contributed by atoms with Crippen molar-refractivity contribution in [2.75, 3.05) is 6.61 Å². The van der Waals surface area contributed by atoms with Gasteiger partial charge in [-0.05, 0) is 13.0 Å². The number of aliphatic hydroxyl groups is 1. The van der Waals surface area contributed by atoms with Crippen molar-refractivity contribution in [3.05, 3.63) is 41.5 Å². The summed E-state index contributed by atoms with van der Waals surface area (Å²) < 4.78 is 10.3. The average Bonchev–Trinajstić information content (AvgIpc) is 2.79. The molecule has 1 atom stereocenters. The molecule has 0 radical (unpaired) electrons. The highest BCUT2D eigenvalue weighted by atomic mass is 16.4. The van der Waals surface area contributed by atoms with Gasteiger partial charge in [-0.1, -0.05) is 0 Å². The fraction of sp³-hybridized carbons (Fsp3) is 0.364. The Bertz CT molecular complexity index is 431. The first-order valence-electron chi connectivity index (χ1n) is 4.79. The number of nitrogens with zero attached hydrogens (tertiary/aromatic N) is 1. The molecule has 0 fully saturated rings. The minimum atomic E-state index is -0.166. The van der Waals surface area contributed by atoms with Crippen LogP contribution in [0.15, 0.2) is 27.4 Å². The predicted molar refractivity (Wildman–Crippen MR) is 53.6 cm³/mol. The van der Waals surface area contributed by atoms with Crippen LogP contribution in [0, 0.1) is 13.8 Å². The molecule has 4 nitrogen and oxygen atoms in total. The van der Waals surface area contributed by atoms with Gasteiger partial charge in [0.2, 0.25) is 0 Å². The number of aromatic nitrogens is 1. The Kier molecular flexibility index (Phi) is 2.60. The monoisotopic (exact) mass is 207 g/mol. The van der Waals surface area contributed by atoms with Gasteiger partial charge in [-0.15, -0.1) is 0 Å². The number of rotatable bonds is 3. The van der Waals surface area contributed by atoms with Gasteiger partial charge in [0.25, 0.3) is 0 Å². The second-order valence-corrected chi connectivity index (χ2v) is 3.47. The zero-order valence-electron chi connectivity index (χ0n) is 8.73. The number of hydrogen-bond acceptors (Lipinski definition) is 4. The Morgan fingerprint density at radius 2 is 2.27 bits per heavy atom. The minimum Gasteiger partial charge on any atom is -0.472 e. The second kappa shape index (κ2) is 3.90. The SMILES string of the molecule is Cc1nc(C(CO)c2ccoc2)c(C)o1. The average molecular weight is 207 g/mol. The summed E-state index contributed by atoms with van der Waals surface area (Å²) in [5.41, 5.74) is 1.69. The van der Waals surface area contributed by atoms with Crippen LogP contribution in [-0.4, -0.2) is 16.7 Å². The van der Waals surface area contributed by atoms with Gasteiger partial charge in [-0.25, -0.2) is 4.98 Å². The van der Waals surface area contributed by atoms with Crippen LogP contribution in [0.2, 0.25) is 0 Å². The van der Waals surface area contributed by atoms with Crippen molar-refractivity contribution in [2.24, 2.45) is 0 Å². The minimum absolute atomic E-state index is 0.00759. The molecule has 2 aromatic rings. The standard InChI is InChI=1S/C11H13NO3/c1-7-11(12-8(2)15-7)10(5-13)9-3-4-14-6-9/h3-4,6,10,13H,5H2,1-2H3. The lowest BCUT2D eigenvalue weighted by atomic mass is 9.98. The Morgan fingerprint density at radius 1 is 1.47 bits per heavy atom. The van der Waals surface area contributed by atoms with Gasteiger partial charge in [0, 0.05) is 12.5 Å². The third-order valence-electron chi connectivity index (χ3n) is 2.40. The summed E-state index contributed by atoms with van der Waals surface area (Å²) in [6.45, 7) is 3.63. The Balaban J connectivity index is 2.39. The number of furan rings is 1. The largest absolute Gasteiger partial charge is 0.472 e. The zero-order chi connectivity index (χ0) is 10.8. The molecular formula is C11H13NO3. The van der Waals surface area contributed by atoms with Crippen LogP contribution >= 0.6 is 0 Å². The van der Waals surface area contributed by atoms with Gasteiger partial charge in [0.1, 0.15) is 5.76 Å². The van der Waals surface area contributed by atoms with Gasteiger partial charge < -0.3 is 13.9 Å². The van der Waals surface area contributed by atoms with E-state index < -0.39 is 0 Å². The highest BCUT2D eigenvalue weighted by Gasteiger charge is 2.20. The van der Waals surface area contributed by atoms with Crippen LogP contribution in [0.3, 0.4) is 0 Å². The van der Waals surface area contributed by atoms with Gasteiger partial charge >= 0.3 is 0 Å². The van der Waals surface area contributed by atoms with E-state index in [1.165, 1.54) is 0 Å². The van der Waals surface area contributed by atoms with Crippen molar-refractivity contribution < 1.29 is 13.9 Å². The second-order valence-electron chi connectivity index (χ2n) is 3.47. The van der Waals surface area contributed by atoms with Gasteiger partial charge in [0.05, 0.1) is 30.7 Å². The lowest BCUT2D eigenvalue weighted by molar-refractivity contribution is 0.277. The fourth-order valence-electron chi connectivity index (χ4n) is 1.69. The first-order valence-corrected chi connectivity index (χ1v) is 4.79. The lowest BCUT2D eigenvalue weighted by Gasteiger charge is -2.08. The van der Waals surface area contributed by atoms with Crippen LogP contribution in [0.1, 0.15) is 28.8 Å². The van der Waals surface area contributed by atoms with Gasteiger partial charge in [-0.2, -0.15) is 0 Å². The van der Waals surface area contributed by atoms with E-state index in [4.69, 9.17) is 8.83 Å². The highest BCUT2D eigenvalue weighted by molar-refractivity contribution is 5.27. The molecule has 0 aliphatic rings. The number of oxazole rings is 1. The summed E-state index contributed by atoms with van der Waals surface area (Å²) in [5, 5.41) is 9.36. The summed E-state index contributed by atoms with van der Waals surface area (Å²) in [6.07, 6.45) is 3.20. The Labute approximate surface area is 87.6 Å². The van der Waals surface area contributed by atoms with E-state index in [1.54, 1.807) is 19.5 Å². The van der Waals surface area contributed by atoms with Crippen molar-refractivity contribution >= 4 is 0 Å². The van der Waals surface area contributed by atoms with E-state index in [2.05, 4.69) is 4.98 Å². The molecule has 1 unspecified atom stereocenters. The molecule has 15 heavy (non-hydrogen) atoms. The summed E-state index contributed by atoms with van der Waals surface area (Å²) in [4.78, 5) is 4.27. The molecule has 0 aromatic carbocycles. The third kappa shape index (κ3) is 1.80. The van der Waals surface area contributed by atoms with Crippen molar-refractivity contribution in [2.45, 2.75) is 19.8 Å². The molecule has 0 aliphatic carbocycles. The van der Waals surface area contributed by atoms with Crippen molar-refractivity contribution in [3.63, 3.8) is 0 Å². The van der Waals surface area contributed by atoms with Crippen molar-refractivity contribution in [1.82, 2.24) is 4.98 Å². The zero-order valence-corrected chi connectivity index (χ0v) is 8.73. The topological polar surface area (TPSA) is 59.4 Å². The maximum atomic E-state index is 9.36. The van der Waals surface area contributed by atoms with Crippen LogP contribution in [-0.2, 0) is 0 Å². The van der Waals surface area contributed by atoms with Crippen LogP contribution in [0.4, 0.5) is 0 Å². The summed E-state index contributed by atoms with van der Waals surface area (Å²) in [7, 11) is 0. The Hall–Kier alpha value is -1.55. The lowest BCUT2D eigenvalue weighted by Crippen LogP contribution is -2.06. The van der Waals surface area contributed by atoms with Crippen LogP contribution < -0.4 is 0 Å². The van der Waals surface area contributed by atoms with Gasteiger partial charge in [-0.3, -0.25) is 0 Å². The molecule has 2 heterocycles. The van der Waals surface area contributed by atoms with Crippen LogP contribution in [0.25, 0.3) is 0 Å². The molecule has 0 aliphatic heterocycles. The molecule has 2 aromatic heterocycles. The van der Waals surface area contributed by atoms with E-state index in [-0.39, 0.29) is 12.5 Å². The van der Waals surface area contributed by atoms with E-state index in [0.717, 1.165) is 17.0 Å². The quantitative estimate of drug-likeness (QED) is 0.836. The van der Waals surface area contributed by atoms with E-state index in [0.29, 0.717) is 5.89 Å². The van der Waals surface area contributed by atoms with Crippen molar-refractivity contribution in [1.29, 1.82) is 0 Å². The highest BCUT2D eigenvalue weighted by Crippen LogP contribution is 2.26. The maximum absolute atomic E-state index is 9.36. The molecule has 0 saturated heterocycles.